The largest absolute Gasteiger partial charge is 0.355 e. The highest BCUT2D eigenvalue weighted by atomic mass is 16.2. The summed E-state index contributed by atoms with van der Waals surface area (Å²) in [4.78, 5) is 14.3. The number of carbonyl (C=O) groups excluding carboxylic acids is 1. The van der Waals surface area contributed by atoms with Gasteiger partial charge in [0.2, 0.25) is 5.91 Å². The monoisotopic (exact) mass is 281 g/mol. The summed E-state index contributed by atoms with van der Waals surface area (Å²) in [6.45, 7) is 9.19. The minimum Gasteiger partial charge on any atom is -0.355 e. The van der Waals surface area contributed by atoms with E-state index < -0.39 is 0 Å². The molecular weight excluding hydrogens is 250 g/mol. The summed E-state index contributed by atoms with van der Waals surface area (Å²) in [5.41, 5.74) is 0. The molecule has 0 radical (unpaired) electrons. The van der Waals surface area contributed by atoms with Crippen LogP contribution in [-0.2, 0) is 4.79 Å². The third kappa shape index (κ3) is 5.06. The van der Waals surface area contributed by atoms with E-state index in [1.807, 2.05) is 0 Å². The molecule has 1 heterocycles. The molecule has 0 bridgehead atoms. The Bertz CT molecular complexity index is 304. The number of nitrogens with one attached hydrogen (secondary N) is 2. The molecule has 1 saturated heterocycles. The van der Waals surface area contributed by atoms with Gasteiger partial charge in [-0.3, -0.25) is 9.69 Å². The van der Waals surface area contributed by atoms with Crippen LogP contribution in [0.15, 0.2) is 0 Å². The van der Waals surface area contributed by atoms with Crippen LogP contribution in [0.5, 0.6) is 0 Å². The van der Waals surface area contributed by atoms with Gasteiger partial charge in [-0.2, -0.15) is 0 Å². The summed E-state index contributed by atoms with van der Waals surface area (Å²) in [7, 11) is 0. The van der Waals surface area contributed by atoms with Crippen LogP contribution in [0.1, 0.15) is 46.0 Å². The molecule has 0 aromatic rings. The standard InChI is InChI=1S/C16H31N3O/c1-3-8-17-15-7-9-19(11-14(15)4-2)12-16(20)18-10-13-5-6-13/h13-15,17H,3-12H2,1-2H3,(H,18,20). The second-order valence-electron chi connectivity index (χ2n) is 6.50. The number of rotatable bonds is 8. The fraction of sp³-hybridized carbons (Fsp3) is 0.938. The molecule has 2 fully saturated rings. The molecule has 116 valence electrons. The average molecular weight is 281 g/mol. The van der Waals surface area contributed by atoms with Crippen LogP contribution < -0.4 is 10.6 Å². The van der Waals surface area contributed by atoms with Crippen LogP contribution in [0, 0.1) is 11.8 Å². The fourth-order valence-electron chi connectivity index (χ4n) is 3.10. The van der Waals surface area contributed by atoms with Gasteiger partial charge < -0.3 is 10.6 Å². The van der Waals surface area contributed by atoms with Gasteiger partial charge in [-0.15, -0.1) is 0 Å². The van der Waals surface area contributed by atoms with E-state index >= 15 is 0 Å². The van der Waals surface area contributed by atoms with E-state index in [2.05, 4.69) is 29.4 Å². The average Bonchev–Trinajstić information content (AvgIpc) is 3.27. The molecule has 0 spiro atoms. The second-order valence-corrected chi connectivity index (χ2v) is 6.50. The zero-order valence-corrected chi connectivity index (χ0v) is 13.2. The van der Waals surface area contributed by atoms with E-state index in [9.17, 15) is 4.79 Å². The molecule has 2 unspecified atom stereocenters. The molecule has 2 N–H and O–H groups in total. The van der Waals surface area contributed by atoms with Crippen molar-refractivity contribution in [2.75, 3.05) is 32.7 Å². The first-order chi connectivity index (χ1) is 9.72. The van der Waals surface area contributed by atoms with Crippen molar-refractivity contribution in [2.24, 2.45) is 11.8 Å². The van der Waals surface area contributed by atoms with Crippen LogP contribution in [0.3, 0.4) is 0 Å². The second kappa shape index (κ2) is 7.99. The highest BCUT2D eigenvalue weighted by Crippen LogP contribution is 2.27. The fourth-order valence-corrected chi connectivity index (χ4v) is 3.10. The zero-order valence-electron chi connectivity index (χ0n) is 13.2. The van der Waals surface area contributed by atoms with Crippen LogP contribution in [0.25, 0.3) is 0 Å². The molecule has 1 saturated carbocycles. The van der Waals surface area contributed by atoms with Crippen LogP contribution >= 0.6 is 0 Å². The van der Waals surface area contributed by atoms with E-state index in [-0.39, 0.29) is 5.91 Å². The Morgan fingerprint density at radius 1 is 1.25 bits per heavy atom. The summed E-state index contributed by atoms with van der Waals surface area (Å²) in [6, 6.07) is 0.644. The third-order valence-corrected chi connectivity index (χ3v) is 4.65. The molecule has 0 aromatic carbocycles. The lowest BCUT2D eigenvalue weighted by atomic mass is 9.90. The first-order valence-corrected chi connectivity index (χ1v) is 8.45. The quantitative estimate of drug-likeness (QED) is 0.710. The van der Waals surface area contributed by atoms with E-state index in [4.69, 9.17) is 0 Å². The van der Waals surface area contributed by atoms with Crippen molar-refractivity contribution in [3.8, 4) is 0 Å². The van der Waals surface area contributed by atoms with Gasteiger partial charge in [-0.25, -0.2) is 0 Å². The highest BCUT2D eigenvalue weighted by Gasteiger charge is 2.28. The summed E-state index contributed by atoms with van der Waals surface area (Å²) < 4.78 is 0. The topological polar surface area (TPSA) is 44.4 Å². The molecular formula is C16H31N3O. The van der Waals surface area contributed by atoms with Crippen LogP contribution in [0.4, 0.5) is 0 Å². The van der Waals surface area contributed by atoms with Gasteiger partial charge in [-0.05, 0) is 44.1 Å². The van der Waals surface area contributed by atoms with Crippen molar-refractivity contribution in [1.29, 1.82) is 0 Å². The van der Waals surface area contributed by atoms with Gasteiger partial charge in [0, 0.05) is 25.7 Å². The Kier molecular flexibility index (Phi) is 6.30. The molecule has 2 aliphatic rings. The number of carbonyl (C=O) groups is 1. The molecule has 1 aliphatic carbocycles. The van der Waals surface area contributed by atoms with Crippen molar-refractivity contribution in [2.45, 2.75) is 52.0 Å². The summed E-state index contributed by atoms with van der Waals surface area (Å²) in [5, 5.41) is 6.74. The van der Waals surface area contributed by atoms with E-state index in [1.54, 1.807) is 0 Å². The summed E-state index contributed by atoms with van der Waals surface area (Å²) in [6.07, 6.45) is 6.16. The number of nitrogens with zero attached hydrogens (tertiary/aromatic N) is 1. The normalized spacial score (nSPS) is 27.5. The van der Waals surface area contributed by atoms with Gasteiger partial charge in [0.05, 0.1) is 6.54 Å². The maximum Gasteiger partial charge on any atom is 0.234 e. The number of amides is 1. The lowest BCUT2D eigenvalue weighted by Gasteiger charge is -2.38. The molecule has 4 nitrogen and oxygen atoms in total. The van der Waals surface area contributed by atoms with Gasteiger partial charge >= 0.3 is 0 Å². The minimum atomic E-state index is 0.215. The van der Waals surface area contributed by atoms with E-state index in [1.165, 1.54) is 32.1 Å². The van der Waals surface area contributed by atoms with Crippen molar-refractivity contribution < 1.29 is 4.79 Å². The molecule has 20 heavy (non-hydrogen) atoms. The van der Waals surface area contributed by atoms with Gasteiger partial charge in [0.15, 0.2) is 0 Å². The Morgan fingerprint density at radius 2 is 2.05 bits per heavy atom. The molecule has 1 aliphatic heterocycles. The van der Waals surface area contributed by atoms with E-state index in [0.717, 1.165) is 32.1 Å². The molecule has 4 heteroatoms. The lowest BCUT2D eigenvalue weighted by molar-refractivity contribution is -0.122. The SMILES string of the molecule is CCCNC1CCN(CC(=O)NCC2CC2)CC1CC. The first-order valence-electron chi connectivity index (χ1n) is 8.45. The predicted octanol–water partition coefficient (Wildman–Crippen LogP) is 1.61. The van der Waals surface area contributed by atoms with Crippen molar-refractivity contribution in [3.63, 3.8) is 0 Å². The minimum absolute atomic E-state index is 0.215. The van der Waals surface area contributed by atoms with Crippen molar-refractivity contribution >= 4 is 5.91 Å². The van der Waals surface area contributed by atoms with Crippen LogP contribution in [0.2, 0.25) is 0 Å². The highest BCUT2D eigenvalue weighted by molar-refractivity contribution is 5.78. The number of piperidine rings is 1. The zero-order chi connectivity index (χ0) is 14.4. The number of hydrogen-bond donors (Lipinski definition) is 2. The maximum atomic E-state index is 11.9. The Balaban J connectivity index is 1.69. The Morgan fingerprint density at radius 3 is 2.70 bits per heavy atom. The molecule has 2 rings (SSSR count). The maximum absolute atomic E-state index is 11.9. The number of likely N-dealkylation sites (tertiary alicyclic amines) is 1. The van der Waals surface area contributed by atoms with Crippen molar-refractivity contribution in [1.82, 2.24) is 15.5 Å². The van der Waals surface area contributed by atoms with Crippen LogP contribution in [-0.4, -0.2) is 49.6 Å². The summed E-state index contributed by atoms with van der Waals surface area (Å²) >= 11 is 0. The van der Waals surface area contributed by atoms with Gasteiger partial charge in [-0.1, -0.05) is 20.3 Å². The Hall–Kier alpha value is -0.610. The third-order valence-electron chi connectivity index (χ3n) is 4.65. The summed E-state index contributed by atoms with van der Waals surface area (Å²) in [5.74, 6) is 1.67. The Labute approximate surface area is 123 Å². The number of hydrogen-bond acceptors (Lipinski definition) is 3. The lowest BCUT2D eigenvalue weighted by Crippen LogP contribution is -2.51. The predicted molar refractivity (Wildman–Crippen MR) is 82.7 cm³/mol. The van der Waals surface area contributed by atoms with Gasteiger partial charge in [0.1, 0.15) is 0 Å². The van der Waals surface area contributed by atoms with Gasteiger partial charge in [0.25, 0.3) is 0 Å². The molecule has 2 atom stereocenters. The molecule has 1 amide bonds. The van der Waals surface area contributed by atoms with Crippen molar-refractivity contribution in [3.05, 3.63) is 0 Å². The molecule has 0 aromatic heterocycles. The first kappa shape index (κ1) is 15.8. The van der Waals surface area contributed by atoms with E-state index in [0.29, 0.717) is 18.5 Å². The smallest absolute Gasteiger partial charge is 0.234 e.